The lowest BCUT2D eigenvalue weighted by molar-refractivity contribution is 0.0764. The molecule has 0 radical (unpaired) electrons. The first-order chi connectivity index (χ1) is 11.0. The number of likely N-dealkylation sites (tertiary alicyclic amines) is 1. The zero-order valence-corrected chi connectivity index (χ0v) is 13.5. The van der Waals surface area contributed by atoms with E-state index < -0.39 is 6.10 Å². The molecule has 23 heavy (non-hydrogen) atoms. The Morgan fingerprint density at radius 3 is 2.74 bits per heavy atom. The van der Waals surface area contributed by atoms with Gasteiger partial charge in [-0.1, -0.05) is 0 Å². The van der Waals surface area contributed by atoms with E-state index in [0.29, 0.717) is 18.7 Å². The number of rotatable bonds is 4. The lowest BCUT2D eigenvalue weighted by Crippen LogP contribution is -2.29. The molecule has 1 fully saturated rings. The minimum absolute atomic E-state index is 0.0569. The number of hydrogen-bond acceptors (Lipinski definition) is 4. The molecule has 3 rings (SSSR count). The van der Waals surface area contributed by atoms with Crippen LogP contribution in [0.1, 0.15) is 35.8 Å². The second-order valence-electron chi connectivity index (χ2n) is 6.40. The van der Waals surface area contributed by atoms with Gasteiger partial charge in [-0.05, 0) is 38.0 Å². The molecule has 6 heteroatoms. The molecule has 122 valence electrons. The number of carbonyl (C=O) groups is 1. The summed E-state index contributed by atoms with van der Waals surface area (Å²) in [6.45, 7) is 4.98. The van der Waals surface area contributed by atoms with Crippen molar-refractivity contribution in [2.24, 2.45) is 5.92 Å². The van der Waals surface area contributed by atoms with Crippen molar-refractivity contribution in [3.05, 3.63) is 48.0 Å². The van der Waals surface area contributed by atoms with E-state index in [1.165, 1.54) is 0 Å². The number of aliphatic hydroxyl groups excluding tert-OH is 1. The predicted molar refractivity (Wildman–Crippen MR) is 86.0 cm³/mol. The van der Waals surface area contributed by atoms with Crippen LogP contribution in [0, 0.1) is 5.92 Å². The van der Waals surface area contributed by atoms with E-state index in [1.807, 2.05) is 26.0 Å². The molecular weight excluding hydrogens is 292 g/mol. The Labute approximate surface area is 135 Å². The number of β-amino-alcohol motifs (C(OH)–C–C–N with tert-alkyl or cyclic N) is 1. The highest BCUT2D eigenvalue weighted by atomic mass is 16.3. The van der Waals surface area contributed by atoms with Crippen molar-refractivity contribution in [1.82, 2.24) is 19.7 Å². The minimum Gasteiger partial charge on any atom is -0.391 e. The smallest absolute Gasteiger partial charge is 0.257 e. The van der Waals surface area contributed by atoms with Crippen LogP contribution in [0.25, 0.3) is 0 Å². The van der Waals surface area contributed by atoms with Crippen LogP contribution in [0.2, 0.25) is 0 Å². The fourth-order valence-electron chi connectivity index (χ4n) is 2.96. The molecule has 1 aliphatic heterocycles. The van der Waals surface area contributed by atoms with Crippen LogP contribution in [0.3, 0.4) is 0 Å². The van der Waals surface area contributed by atoms with E-state index in [1.54, 1.807) is 34.4 Å². The number of aromatic nitrogens is 3. The number of hydrogen-bond donors (Lipinski definition) is 1. The van der Waals surface area contributed by atoms with Gasteiger partial charge in [0.2, 0.25) is 0 Å². The summed E-state index contributed by atoms with van der Waals surface area (Å²) in [5.41, 5.74) is 1.71. The molecule has 0 saturated carbocycles. The molecular formula is C17H22N4O2. The standard InChI is InChI=1S/C17H22N4O2/c1-12(2)21-10-15(8-19-21)17(23)20-9-14(16(22)11-20)7-13-3-5-18-6-4-13/h3-6,8,10,12,14,16,22H,7,9,11H2,1-2H3/t14-,16-/m1/s1. The molecule has 0 unspecified atom stereocenters. The van der Waals surface area contributed by atoms with Crippen molar-refractivity contribution >= 4 is 5.91 Å². The third-order valence-electron chi connectivity index (χ3n) is 4.32. The van der Waals surface area contributed by atoms with Gasteiger partial charge in [-0.25, -0.2) is 0 Å². The topological polar surface area (TPSA) is 71.2 Å². The molecule has 2 aromatic rings. The van der Waals surface area contributed by atoms with E-state index in [4.69, 9.17) is 0 Å². The lowest BCUT2D eigenvalue weighted by Gasteiger charge is -2.15. The van der Waals surface area contributed by atoms with Gasteiger partial charge in [-0.15, -0.1) is 0 Å². The van der Waals surface area contributed by atoms with Gasteiger partial charge in [-0.2, -0.15) is 5.10 Å². The fraction of sp³-hybridized carbons (Fsp3) is 0.471. The lowest BCUT2D eigenvalue weighted by atomic mass is 9.97. The van der Waals surface area contributed by atoms with E-state index in [2.05, 4.69) is 10.1 Å². The van der Waals surface area contributed by atoms with Gasteiger partial charge in [-0.3, -0.25) is 14.5 Å². The van der Waals surface area contributed by atoms with E-state index in [0.717, 1.165) is 12.0 Å². The molecule has 0 aliphatic carbocycles. The molecule has 0 spiro atoms. The van der Waals surface area contributed by atoms with Gasteiger partial charge in [0.15, 0.2) is 0 Å². The van der Waals surface area contributed by atoms with E-state index in [-0.39, 0.29) is 17.9 Å². The SMILES string of the molecule is CC(C)n1cc(C(=O)N2C[C@@H](Cc3ccncc3)[C@H](O)C2)cn1. The van der Waals surface area contributed by atoms with Crippen LogP contribution in [-0.4, -0.2) is 49.9 Å². The second-order valence-corrected chi connectivity index (χ2v) is 6.40. The number of amides is 1. The Kier molecular flexibility index (Phi) is 4.43. The van der Waals surface area contributed by atoms with Gasteiger partial charge < -0.3 is 10.0 Å². The molecule has 1 amide bonds. The maximum atomic E-state index is 12.6. The normalized spacial score (nSPS) is 21.1. The summed E-state index contributed by atoms with van der Waals surface area (Å²) in [6, 6.07) is 4.12. The van der Waals surface area contributed by atoms with Crippen molar-refractivity contribution in [2.45, 2.75) is 32.4 Å². The molecule has 1 N–H and O–H groups in total. The second kappa shape index (κ2) is 6.50. The number of carbonyl (C=O) groups excluding carboxylic acids is 1. The average molecular weight is 314 g/mol. The van der Waals surface area contributed by atoms with Crippen LogP contribution in [0.4, 0.5) is 0 Å². The number of pyridine rings is 1. The fourth-order valence-corrected chi connectivity index (χ4v) is 2.96. The highest BCUT2D eigenvalue weighted by molar-refractivity contribution is 5.94. The third kappa shape index (κ3) is 3.42. The van der Waals surface area contributed by atoms with Crippen LogP contribution >= 0.6 is 0 Å². The molecule has 2 aromatic heterocycles. The third-order valence-corrected chi connectivity index (χ3v) is 4.32. The van der Waals surface area contributed by atoms with Crippen molar-refractivity contribution in [3.8, 4) is 0 Å². The molecule has 3 heterocycles. The number of aliphatic hydroxyl groups is 1. The Morgan fingerprint density at radius 1 is 1.35 bits per heavy atom. The summed E-state index contributed by atoms with van der Waals surface area (Å²) in [5.74, 6) is -0.00493. The van der Waals surface area contributed by atoms with Crippen LogP contribution < -0.4 is 0 Å². The first-order valence-electron chi connectivity index (χ1n) is 7.95. The Morgan fingerprint density at radius 2 is 2.09 bits per heavy atom. The molecule has 1 aliphatic rings. The van der Waals surface area contributed by atoms with Crippen molar-refractivity contribution < 1.29 is 9.90 Å². The molecule has 0 bridgehead atoms. The Bertz CT molecular complexity index is 668. The molecule has 0 aromatic carbocycles. The summed E-state index contributed by atoms with van der Waals surface area (Å²) in [5, 5.41) is 14.5. The van der Waals surface area contributed by atoms with Gasteiger partial charge in [0, 0.05) is 43.6 Å². The Hall–Kier alpha value is -2.21. The Balaban J connectivity index is 1.66. The summed E-state index contributed by atoms with van der Waals surface area (Å²) < 4.78 is 1.77. The van der Waals surface area contributed by atoms with Crippen molar-refractivity contribution in [1.29, 1.82) is 0 Å². The van der Waals surface area contributed by atoms with Crippen LogP contribution in [-0.2, 0) is 6.42 Å². The first kappa shape index (κ1) is 15.7. The van der Waals surface area contributed by atoms with Crippen molar-refractivity contribution in [3.63, 3.8) is 0 Å². The zero-order valence-electron chi connectivity index (χ0n) is 13.5. The van der Waals surface area contributed by atoms with Crippen molar-refractivity contribution in [2.75, 3.05) is 13.1 Å². The number of nitrogens with zero attached hydrogens (tertiary/aromatic N) is 4. The minimum atomic E-state index is -0.493. The summed E-state index contributed by atoms with van der Waals surface area (Å²) >= 11 is 0. The predicted octanol–water partition coefficient (Wildman–Crippen LogP) is 1.53. The van der Waals surface area contributed by atoms with Gasteiger partial charge >= 0.3 is 0 Å². The maximum absolute atomic E-state index is 12.6. The largest absolute Gasteiger partial charge is 0.391 e. The van der Waals surface area contributed by atoms with Gasteiger partial charge in [0.1, 0.15) is 0 Å². The highest BCUT2D eigenvalue weighted by Gasteiger charge is 2.34. The summed E-state index contributed by atoms with van der Waals surface area (Å²) in [4.78, 5) is 18.3. The summed E-state index contributed by atoms with van der Waals surface area (Å²) in [6.07, 6.45) is 7.13. The van der Waals surface area contributed by atoms with Gasteiger partial charge in [0.05, 0.1) is 17.9 Å². The van der Waals surface area contributed by atoms with Gasteiger partial charge in [0.25, 0.3) is 5.91 Å². The monoisotopic (exact) mass is 314 g/mol. The first-order valence-corrected chi connectivity index (χ1v) is 7.95. The highest BCUT2D eigenvalue weighted by Crippen LogP contribution is 2.23. The average Bonchev–Trinajstić information content (AvgIpc) is 3.16. The molecule has 6 nitrogen and oxygen atoms in total. The maximum Gasteiger partial charge on any atom is 0.257 e. The van der Waals surface area contributed by atoms with Crippen LogP contribution in [0.15, 0.2) is 36.9 Å². The summed E-state index contributed by atoms with van der Waals surface area (Å²) in [7, 11) is 0. The zero-order chi connectivity index (χ0) is 16.4. The molecule has 2 atom stereocenters. The van der Waals surface area contributed by atoms with E-state index >= 15 is 0 Å². The van der Waals surface area contributed by atoms with Crippen LogP contribution in [0.5, 0.6) is 0 Å². The quantitative estimate of drug-likeness (QED) is 0.929. The molecule has 1 saturated heterocycles. The van der Waals surface area contributed by atoms with E-state index in [9.17, 15) is 9.90 Å².